The van der Waals surface area contributed by atoms with E-state index in [1.54, 1.807) is 43.3 Å². The highest BCUT2D eigenvalue weighted by Crippen LogP contribution is 2.36. The van der Waals surface area contributed by atoms with Gasteiger partial charge < -0.3 is 10.2 Å². The maximum Gasteiger partial charge on any atom is 0.416 e. The molecule has 1 aliphatic rings. The van der Waals surface area contributed by atoms with Crippen LogP contribution in [0.3, 0.4) is 0 Å². The van der Waals surface area contributed by atoms with Crippen molar-refractivity contribution in [3.8, 4) is 0 Å². The highest BCUT2D eigenvalue weighted by molar-refractivity contribution is 6.46. The van der Waals surface area contributed by atoms with Crippen LogP contribution in [0.15, 0.2) is 78.5 Å². The number of imide groups is 1. The van der Waals surface area contributed by atoms with Gasteiger partial charge in [-0.25, -0.2) is 9.29 Å². The Balaban J connectivity index is 1.81. The molecule has 0 saturated heterocycles. The first-order valence-electron chi connectivity index (χ1n) is 10.2. The SMILES string of the molecule is CN(C)c1cccc(N2C(=O)C(Nc3cccc(C(F)(F)F)c3)=C(c3ccc(F)cc3)C2=O)c1. The van der Waals surface area contributed by atoms with Gasteiger partial charge >= 0.3 is 6.18 Å². The average Bonchev–Trinajstić information content (AvgIpc) is 3.03. The first kappa shape index (κ1) is 23.0. The van der Waals surface area contributed by atoms with E-state index in [-0.39, 0.29) is 22.5 Å². The lowest BCUT2D eigenvalue weighted by molar-refractivity contribution is -0.137. The van der Waals surface area contributed by atoms with Crippen molar-refractivity contribution in [1.29, 1.82) is 0 Å². The van der Waals surface area contributed by atoms with E-state index in [4.69, 9.17) is 0 Å². The molecule has 5 nitrogen and oxygen atoms in total. The molecule has 0 aliphatic carbocycles. The predicted octanol–water partition coefficient (Wildman–Crippen LogP) is 5.31. The fraction of sp³-hybridized carbons (Fsp3) is 0.120. The summed E-state index contributed by atoms with van der Waals surface area (Å²) in [7, 11) is 3.60. The third-order valence-electron chi connectivity index (χ3n) is 5.28. The second-order valence-corrected chi connectivity index (χ2v) is 7.82. The molecular formula is C25H19F4N3O2. The topological polar surface area (TPSA) is 52.6 Å². The smallest absolute Gasteiger partial charge is 0.378 e. The fourth-order valence-corrected chi connectivity index (χ4v) is 3.59. The minimum absolute atomic E-state index is 0.0190. The van der Waals surface area contributed by atoms with Gasteiger partial charge in [-0.2, -0.15) is 13.2 Å². The second-order valence-electron chi connectivity index (χ2n) is 7.82. The van der Waals surface area contributed by atoms with Gasteiger partial charge in [0.1, 0.15) is 11.5 Å². The van der Waals surface area contributed by atoms with Crippen LogP contribution in [0.1, 0.15) is 11.1 Å². The molecule has 0 radical (unpaired) electrons. The van der Waals surface area contributed by atoms with Gasteiger partial charge in [0.05, 0.1) is 16.8 Å². The molecule has 0 unspecified atom stereocenters. The standard InChI is InChI=1S/C25H19F4N3O2/c1-31(2)19-7-4-8-20(14-19)32-23(33)21(15-9-11-17(26)12-10-15)22(24(32)34)30-18-6-3-5-16(13-18)25(27,28)29/h3-14,30H,1-2H3. The van der Waals surface area contributed by atoms with E-state index in [0.717, 1.165) is 34.9 Å². The monoisotopic (exact) mass is 469 g/mol. The Morgan fingerprint density at radius 3 is 2.18 bits per heavy atom. The molecule has 3 aromatic carbocycles. The summed E-state index contributed by atoms with van der Waals surface area (Å²) in [5.41, 5.74) is 0.0787. The number of benzene rings is 3. The van der Waals surface area contributed by atoms with Crippen molar-refractivity contribution in [3.05, 3.63) is 95.4 Å². The third-order valence-corrected chi connectivity index (χ3v) is 5.28. The molecule has 174 valence electrons. The lowest BCUT2D eigenvalue weighted by atomic mass is 10.0. The van der Waals surface area contributed by atoms with E-state index in [0.29, 0.717) is 5.69 Å². The lowest BCUT2D eigenvalue weighted by Crippen LogP contribution is -2.32. The van der Waals surface area contributed by atoms with Crippen molar-refractivity contribution in [3.63, 3.8) is 0 Å². The summed E-state index contributed by atoms with van der Waals surface area (Å²) in [6.07, 6.45) is -4.58. The number of hydrogen-bond acceptors (Lipinski definition) is 4. The van der Waals surface area contributed by atoms with Crippen LogP contribution in [-0.2, 0) is 15.8 Å². The summed E-state index contributed by atoms with van der Waals surface area (Å²) >= 11 is 0. The second kappa shape index (κ2) is 8.66. The Morgan fingerprint density at radius 1 is 0.853 bits per heavy atom. The van der Waals surface area contributed by atoms with Gasteiger partial charge in [-0.1, -0.05) is 24.3 Å². The molecule has 0 bridgehead atoms. The Hall–Kier alpha value is -4.14. The van der Waals surface area contributed by atoms with E-state index in [1.807, 2.05) is 0 Å². The largest absolute Gasteiger partial charge is 0.416 e. The van der Waals surface area contributed by atoms with Crippen LogP contribution in [0.5, 0.6) is 0 Å². The summed E-state index contributed by atoms with van der Waals surface area (Å²) in [6.45, 7) is 0. The van der Waals surface area contributed by atoms with Crippen LogP contribution in [-0.4, -0.2) is 25.9 Å². The van der Waals surface area contributed by atoms with E-state index < -0.39 is 29.4 Å². The Morgan fingerprint density at radius 2 is 1.53 bits per heavy atom. The normalized spacial score (nSPS) is 14.1. The van der Waals surface area contributed by atoms with Gasteiger partial charge in [0.25, 0.3) is 11.8 Å². The summed E-state index contributed by atoms with van der Waals surface area (Å²) in [5.74, 6) is -1.95. The van der Waals surface area contributed by atoms with Gasteiger partial charge in [-0.05, 0) is 54.1 Å². The van der Waals surface area contributed by atoms with Crippen LogP contribution < -0.4 is 15.1 Å². The minimum Gasteiger partial charge on any atom is -0.378 e. The molecule has 1 N–H and O–H groups in total. The molecule has 2 amide bonds. The molecule has 34 heavy (non-hydrogen) atoms. The average molecular weight is 469 g/mol. The van der Waals surface area contributed by atoms with Crippen LogP contribution in [0.2, 0.25) is 0 Å². The maximum atomic E-state index is 13.5. The zero-order chi connectivity index (χ0) is 24.6. The van der Waals surface area contributed by atoms with Crippen molar-refractivity contribution in [2.24, 2.45) is 0 Å². The number of hydrogen-bond donors (Lipinski definition) is 1. The number of amides is 2. The van der Waals surface area contributed by atoms with Crippen LogP contribution in [0.25, 0.3) is 5.57 Å². The Labute approximate surface area is 192 Å². The van der Waals surface area contributed by atoms with Gasteiger partial charge in [0, 0.05) is 25.5 Å². The molecule has 3 aromatic rings. The number of alkyl halides is 3. The van der Waals surface area contributed by atoms with Crippen LogP contribution >= 0.6 is 0 Å². The van der Waals surface area contributed by atoms with E-state index in [9.17, 15) is 27.2 Å². The number of rotatable bonds is 5. The maximum absolute atomic E-state index is 13.5. The predicted molar refractivity (Wildman–Crippen MR) is 122 cm³/mol. The van der Waals surface area contributed by atoms with E-state index in [2.05, 4.69) is 5.32 Å². The highest BCUT2D eigenvalue weighted by Gasteiger charge is 2.40. The first-order valence-corrected chi connectivity index (χ1v) is 10.2. The lowest BCUT2D eigenvalue weighted by Gasteiger charge is -2.19. The van der Waals surface area contributed by atoms with Gasteiger partial charge in [-0.3, -0.25) is 9.59 Å². The minimum atomic E-state index is -4.58. The fourth-order valence-electron chi connectivity index (χ4n) is 3.59. The third kappa shape index (κ3) is 4.36. The van der Waals surface area contributed by atoms with Gasteiger partial charge in [0.2, 0.25) is 0 Å². The van der Waals surface area contributed by atoms with E-state index in [1.165, 1.54) is 24.3 Å². The van der Waals surface area contributed by atoms with Crippen LogP contribution in [0.4, 0.5) is 34.6 Å². The molecule has 0 fully saturated rings. The molecule has 0 atom stereocenters. The van der Waals surface area contributed by atoms with Crippen molar-refractivity contribution in [1.82, 2.24) is 0 Å². The van der Waals surface area contributed by atoms with Gasteiger partial charge in [-0.15, -0.1) is 0 Å². The number of nitrogens with one attached hydrogen (secondary N) is 1. The number of anilines is 3. The number of carbonyl (C=O) groups excluding carboxylic acids is 2. The van der Waals surface area contributed by atoms with Crippen molar-refractivity contribution < 1.29 is 27.2 Å². The number of nitrogens with zero attached hydrogens (tertiary/aromatic N) is 2. The molecular weight excluding hydrogens is 450 g/mol. The zero-order valence-electron chi connectivity index (χ0n) is 18.2. The summed E-state index contributed by atoms with van der Waals surface area (Å²) in [4.78, 5) is 29.6. The zero-order valence-corrected chi connectivity index (χ0v) is 18.2. The summed E-state index contributed by atoms with van der Waals surface area (Å²) < 4.78 is 53.0. The van der Waals surface area contributed by atoms with Crippen molar-refractivity contribution >= 4 is 34.4 Å². The van der Waals surface area contributed by atoms with Gasteiger partial charge in [0.15, 0.2) is 0 Å². The first-order chi connectivity index (χ1) is 16.1. The molecule has 0 saturated carbocycles. The van der Waals surface area contributed by atoms with Crippen LogP contribution in [0, 0.1) is 5.82 Å². The molecule has 1 aliphatic heterocycles. The molecule has 1 heterocycles. The van der Waals surface area contributed by atoms with Crippen molar-refractivity contribution in [2.75, 3.05) is 29.2 Å². The molecule has 9 heteroatoms. The Bertz CT molecular complexity index is 1300. The Kier molecular flexibility index (Phi) is 5.87. The molecule has 4 rings (SSSR count). The summed E-state index contributed by atoms with van der Waals surface area (Å²) in [6, 6.07) is 16.0. The highest BCUT2D eigenvalue weighted by atomic mass is 19.4. The van der Waals surface area contributed by atoms with E-state index >= 15 is 0 Å². The molecule has 0 aromatic heterocycles. The molecule has 0 spiro atoms. The van der Waals surface area contributed by atoms with Crippen molar-refractivity contribution in [2.45, 2.75) is 6.18 Å². The number of halogens is 4. The summed E-state index contributed by atoms with van der Waals surface area (Å²) in [5, 5.41) is 2.70. The number of carbonyl (C=O) groups is 2. The quantitative estimate of drug-likeness (QED) is 0.407.